The molecule has 0 unspecified atom stereocenters. The fraction of sp³-hybridized carbons (Fsp3) is 0.0303. The van der Waals surface area contributed by atoms with Crippen LogP contribution in [0.25, 0.3) is 66.1 Å². The van der Waals surface area contributed by atoms with E-state index in [0.29, 0.717) is 0 Å². The van der Waals surface area contributed by atoms with E-state index in [2.05, 4.69) is 93.9 Å². The molecule has 0 amide bonds. The zero-order valence-electron chi connectivity index (χ0n) is 19.9. The van der Waals surface area contributed by atoms with Crippen LogP contribution in [-0.2, 0) is 6.42 Å². The molecule has 0 radical (unpaired) electrons. The Hall–Kier alpha value is -4.96. The number of fused-ring (bicyclic) bond motifs is 14. The van der Waals surface area contributed by atoms with E-state index in [4.69, 9.17) is 9.97 Å². The number of rotatable bonds is 1. The predicted octanol–water partition coefficient (Wildman–Crippen LogP) is 7.70. The molecule has 4 heterocycles. The summed E-state index contributed by atoms with van der Waals surface area (Å²) in [7, 11) is 0. The Balaban J connectivity index is 1.58. The van der Waals surface area contributed by atoms with Gasteiger partial charge >= 0.3 is 0 Å². The smallest absolute Gasteiger partial charge is 0.145 e. The molecular weight excluding hydrogens is 452 g/mol. The van der Waals surface area contributed by atoms with Crippen molar-refractivity contribution in [2.75, 3.05) is 0 Å². The third-order valence-electron chi connectivity index (χ3n) is 8.05. The Morgan fingerprint density at radius 1 is 0.622 bits per heavy atom. The molecule has 4 aromatic carbocycles. The maximum absolute atomic E-state index is 4.94. The minimum Gasteiger partial charge on any atom is -0.308 e. The molecule has 0 saturated heterocycles. The van der Waals surface area contributed by atoms with Crippen molar-refractivity contribution < 1.29 is 0 Å². The zero-order chi connectivity index (χ0) is 24.1. The second kappa shape index (κ2) is 6.83. The standard InChI is InChI=1S/C33H20N4/c1-2-8-21(9-3-1)37-31-24(13-12-23-22-10-5-4-7-20(22)19-27(23)31)25-14-15-26-29(32(25)37)30-28(11-6-16-34-30)36-18-17-35-33(26)36/h1-18H,19H2. The Morgan fingerprint density at radius 2 is 1.43 bits per heavy atom. The van der Waals surface area contributed by atoms with Gasteiger partial charge in [-0.3, -0.25) is 9.38 Å². The molecule has 4 heteroatoms. The van der Waals surface area contributed by atoms with Gasteiger partial charge in [-0.05, 0) is 52.6 Å². The fourth-order valence-corrected chi connectivity index (χ4v) is 6.56. The first-order valence-corrected chi connectivity index (χ1v) is 12.6. The van der Waals surface area contributed by atoms with Gasteiger partial charge < -0.3 is 4.57 Å². The molecule has 0 atom stereocenters. The number of pyridine rings is 2. The van der Waals surface area contributed by atoms with Gasteiger partial charge in [0.05, 0.1) is 22.1 Å². The first kappa shape index (κ1) is 19.3. The highest BCUT2D eigenvalue weighted by atomic mass is 15.0. The SMILES string of the molecule is c1ccc(-n2c3c4c(ccc3c3ccc5c(c6ncccc6n6ccnc56)c32)-c2ccccc2C4)cc1. The van der Waals surface area contributed by atoms with Gasteiger partial charge in [0.1, 0.15) is 5.65 Å². The van der Waals surface area contributed by atoms with Crippen molar-refractivity contribution in [3.8, 4) is 16.8 Å². The van der Waals surface area contributed by atoms with Crippen molar-refractivity contribution in [1.82, 2.24) is 18.9 Å². The molecule has 1 aliphatic rings. The summed E-state index contributed by atoms with van der Waals surface area (Å²) in [5.41, 5.74) is 12.1. The molecule has 0 aliphatic heterocycles. The van der Waals surface area contributed by atoms with Crippen LogP contribution in [0.1, 0.15) is 11.1 Å². The van der Waals surface area contributed by atoms with Crippen molar-refractivity contribution in [2.45, 2.75) is 6.42 Å². The molecule has 9 rings (SSSR count). The van der Waals surface area contributed by atoms with Gasteiger partial charge in [-0.15, -0.1) is 0 Å². The first-order chi connectivity index (χ1) is 18.4. The first-order valence-electron chi connectivity index (χ1n) is 12.6. The summed E-state index contributed by atoms with van der Waals surface area (Å²) in [5, 5.41) is 4.78. The summed E-state index contributed by atoms with van der Waals surface area (Å²) in [4.78, 5) is 9.71. The average Bonchev–Trinajstić information content (AvgIpc) is 3.67. The highest BCUT2D eigenvalue weighted by molar-refractivity contribution is 6.27. The third kappa shape index (κ3) is 2.37. The van der Waals surface area contributed by atoms with E-state index in [1.807, 2.05) is 24.7 Å². The minimum atomic E-state index is 0.938. The second-order valence-electron chi connectivity index (χ2n) is 9.87. The summed E-state index contributed by atoms with van der Waals surface area (Å²) < 4.78 is 4.63. The van der Waals surface area contributed by atoms with Crippen LogP contribution in [0.5, 0.6) is 0 Å². The lowest BCUT2D eigenvalue weighted by atomic mass is 10.0. The molecule has 1 aliphatic carbocycles. The zero-order valence-corrected chi connectivity index (χ0v) is 19.9. The van der Waals surface area contributed by atoms with Gasteiger partial charge in [0, 0.05) is 52.2 Å². The van der Waals surface area contributed by atoms with Gasteiger partial charge in [0.2, 0.25) is 0 Å². The summed E-state index contributed by atoms with van der Waals surface area (Å²) in [6, 6.07) is 32.8. The van der Waals surface area contributed by atoms with E-state index < -0.39 is 0 Å². The molecule has 172 valence electrons. The van der Waals surface area contributed by atoms with E-state index in [0.717, 1.165) is 39.6 Å². The second-order valence-corrected chi connectivity index (χ2v) is 9.87. The largest absolute Gasteiger partial charge is 0.308 e. The van der Waals surface area contributed by atoms with Crippen molar-refractivity contribution in [2.24, 2.45) is 0 Å². The third-order valence-corrected chi connectivity index (χ3v) is 8.05. The fourth-order valence-electron chi connectivity index (χ4n) is 6.56. The molecular formula is C33H20N4. The molecule has 0 spiro atoms. The van der Waals surface area contributed by atoms with Gasteiger partial charge in [0.15, 0.2) is 0 Å². The van der Waals surface area contributed by atoms with Crippen LogP contribution in [-0.4, -0.2) is 18.9 Å². The summed E-state index contributed by atoms with van der Waals surface area (Å²) in [6.07, 6.45) is 6.74. The molecule has 4 aromatic heterocycles. The number of nitrogens with zero attached hydrogens (tertiary/aromatic N) is 4. The Labute approximate surface area is 212 Å². The molecule has 8 aromatic rings. The van der Waals surface area contributed by atoms with E-state index in [-0.39, 0.29) is 0 Å². The summed E-state index contributed by atoms with van der Waals surface area (Å²) >= 11 is 0. The van der Waals surface area contributed by atoms with E-state index >= 15 is 0 Å². The average molecular weight is 473 g/mol. The van der Waals surface area contributed by atoms with Gasteiger partial charge in [0.25, 0.3) is 0 Å². The predicted molar refractivity (Wildman–Crippen MR) is 151 cm³/mol. The van der Waals surface area contributed by atoms with Crippen molar-refractivity contribution in [1.29, 1.82) is 0 Å². The van der Waals surface area contributed by atoms with Gasteiger partial charge in [-0.1, -0.05) is 60.7 Å². The molecule has 0 bridgehead atoms. The van der Waals surface area contributed by atoms with Crippen LogP contribution in [0.2, 0.25) is 0 Å². The van der Waals surface area contributed by atoms with Crippen LogP contribution >= 0.6 is 0 Å². The number of hydrogen-bond acceptors (Lipinski definition) is 2. The van der Waals surface area contributed by atoms with Crippen LogP contribution in [0.15, 0.2) is 110 Å². The van der Waals surface area contributed by atoms with Gasteiger partial charge in [-0.25, -0.2) is 4.98 Å². The summed E-state index contributed by atoms with van der Waals surface area (Å²) in [6.45, 7) is 0. The van der Waals surface area contributed by atoms with Crippen molar-refractivity contribution in [3.63, 3.8) is 0 Å². The molecule has 0 saturated carbocycles. The number of hydrogen-bond donors (Lipinski definition) is 0. The highest BCUT2D eigenvalue weighted by Crippen LogP contribution is 2.46. The van der Waals surface area contributed by atoms with E-state index in [1.165, 1.54) is 44.1 Å². The number of para-hydroxylation sites is 1. The lowest BCUT2D eigenvalue weighted by Gasteiger charge is -2.13. The quantitative estimate of drug-likeness (QED) is 0.229. The Kier molecular flexibility index (Phi) is 3.55. The monoisotopic (exact) mass is 472 g/mol. The number of imidazole rings is 1. The Bertz CT molecular complexity index is 2220. The minimum absolute atomic E-state index is 0.938. The molecule has 0 N–H and O–H groups in total. The van der Waals surface area contributed by atoms with Gasteiger partial charge in [-0.2, -0.15) is 0 Å². The van der Waals surface area contributed by atoms with Crippen molar-refractivity contribution in [3.05, 3.63) is 121 Å². The lowest BCUT2D eigenvalue weighted by Crippen LogP contribution is -1.99. The van der Waals surface area contributed by atoms with E-state index in [1.54, 1.807) is 0 Å². The number of aromatic nitrogens is 4. The lowest BCUT2D eigenvalue weighted by molar-refractivity contribution is 1.16. The maximum Gasteiger partial charge on any atom is 0.145 e. The van der Waals surface area contributed by atoms with Crippen LogP contribution in [0.3, 0.4) is 0 Å². The number of benzene rings is 4. The van der Waals surface area contributed by atoms with Crippen LogP contribution in [0.4, 0.5) is 0 Å². The topological polar surface area (TPSA) is 35.1 Å². The Morgan fingerprint density at radius 3 is 2.38 bits per heavy atom. The highest BCUT2D eigenvalue weighted by Gasteiger charge is 2.26. The van der Waals surface area contributed by atoms with Crippen molar-refractivity contribution >= 4 is 49.3 Å². The van der Waals surface area contributed by atoms with Crippen LogP contribution in [0, 0.1) is 0 Å². The normalized spacial score (nSPS) is 12.8. The molecule has 0 fully saturated rings. The van der Waals surface area contributed by atoms with Crippen LogP contribution < -0.4 is 0 Å². The summed E-state index contributed by atoms with van der Waals surface area (Å²) in [5.74, 6) is 0. The molecule has 4 nitrogen and oxygen atoms in total. The molecule has 37 heavy (non-hydrogen) atoms. The van der Waals surface area contributed by atoms with E-state index in [9.17, 15) is 0 Å². The maximum atomic E-state index is 4.94.